The van der Waals surface area contributed by atoms with Crippen LogP contribution in [0.5, 0.6) is 5.75 Å². The van der Waals surface area contributed by atoms with Gasteiger partial charge < -0.3 is 20.5 Å². The van der Waals surface area contributed by atoms with Gasteiger partial charge >= 0.3 is 0 Å². The quantitative estimate of drug-likeness (QED) is 0.523. The molecular weight excluding hydrogens is 456 g/mol. The predicted octanol–water partition coefficient (Wildman–Crippen LogP) is 3.77. The Kier molecular flexibility index (Phi) is 5.63. The molecule has 0 saturated carbocycles. The molecule has 8 heteroatoms. The molecular formula is C28H34N4O4. The Morgan fingerprint density at radius 2 is 1.86 bits per heavy atom. The number of benzene rings is 2. The monoisotopic (exact) mass is 490 g/mol. The molecule has 8 nitrogen and oxygen atoms in total. The minimum atomic E-state index is -0.945. The summed E-state index contributed by atoms with van der Waals surface area (Å²) in [5, 5.41) is 25.7. The van der Waals surface area contributed by atoms with Crippen LogP contribution >= 0.6 is 0 Å². The number of hydrogen-bond donors (Lipinski definition) is 4. The van der Waals surface area contributed by atoms with E-state index in [2.05, 4.69) is 17.6 Å². The van der Waals surface area contributed by atoms with Crippen molar-refractivity contribution < 1.29 is 19.4 Å². The molecule has 0 bridgehead atoms. The summed E-state index contributed by atoms with van der Waals surface area (Å²) in [6, 6.07) is 12.0. The van der Waals surface area contributed by atoms with Crippen LogP contribution in [0.2, 0.25) is 0 Å². The van der Waals surface area contributed by atoms with Gasteiger partial charge in [-0.1, -0.05) is 31.2 Å². The Labute approximate surface area is 211 Å². The van der Waals surface area contributed by atoms with Gasteiger partial charge in [-0.3, -0.25) is 19.9 Å². The minimum Gasteiger partial charge on any atom is -0.485 e. The highest BCUT2D eigenvalue weighted by Gasteiger charge is 2.45. The summed E-state index contributed by atoms with van der Waals surface area (Å²) >= 11 is 0. The summed E-state index contributed by atoms with van der Waals surface area (Å²) in [4.78, 5) is 28.0. The van der Waals surface area contributed by atoms with E-state index in [1.54, 1.807) is 19.9 Å². The normalized spacial score (nSPS) is 28.0. The zero-order chi connectivity index (χ0) is 26.0. The number of carbonyl (C=O) groups excluding carboxylic acids is 2. The SMILES string of the molecule is C[C@@H]1C[C@@H](N2C(=N)NC(C)(C)CC2=O)c2cc(C(=O)N[C@@H]3c4ccccc4OC(C)(C)[C@H]3O)ccc21. The van der Waals surface area contributed by atoms with Gasteiger partial charge in [0.15, 0.2) is 5.96 Å². The first kappa shape index (κ1) is 24.3. The van der Waals surface area contributed by atoms with Gasteiger partial charge in [-0.05, 0) is 69.4 Å². The number of para-hydroxylation sites is 1. The molecule has 4 N–H and O–H groups in total. The van der Waals surface area contributed by atoms with E-state index < -0.39 is 23.3 Å². The maximum atomic E-state index is 13.5. The number of fused-ring (bicyclic) bond motifs is 2. The van der Waals surface area contributed by atoms with E-state index in [-0.39, 0.29) is 29.7 Å². The zero-order valence-electron chi connectivity index (χ0n) is 21.4. The lowest BCUT2D eigenvalue weighted by Crippen LogP contribution is -2.60. The number of guanidine groups is 1. The molecule has 2 aromatic carbocycles. The van der Waals surface area contributed by atoms with Crippen molar-refractivity contribution in [3.8, 4) is 5.75 Å². The maximum Gasteiger partial charge on any atom is 0.251 e. The van der Waals surface area contributed by atoms with Crippen molar-refractivity contribution in [3.63, 3.8) is 0 Å². The Hall–Kier alpha value is -3.39. The molecule has 0 radical (unpaired) electrons. The first-order valence-corrected chi connectivity index (χ1v) is 12.5. The lowest BCUT2D eigenvalue weighted by Gasteiger charge is -2.42. The number of nitrogens with zero attached hydrogens (tertiary/aromatic N) is 1. The topological polar surface area (TPSA) is 115 Å². The third-order valence-electron chi connectivity index (χ3n) is 7.63. The molecule has 1 aliphatic carbocycles. The number of aliphatic hydroxyl groups excluding tert-OH is 1. The van der Waals surface area contributed by atoms with Gasteiger partial charge in [0.25, 0.3) is 5.91 Å². The summed E-state index contributed by atoms with van der Waals surface area (Å²) in [6.07, 6.45) is 0.0446. The van der Waals surface area contributed by atoms with Crippen LogP contribution in [0.25, 0.3) is 0 Å². The van der Waals surface area contributed by atoms with Crippen LogP contribution < -0.4 is 15.4 Å². The molecule has 3 aliphatic rings. The van der Waals surface area contributed by atoms with Gasteiger partial charge in [-0.25, -0.2) is 0 Å². The van der Waals surface area contributed by atoms with E-state index in [0.29, 0.717) is 24.2 Å². The van der Waals surface area contributed by atoms with Crippen molar-refractivity contribution in [1.82, 2.24) is 15.5 Å². The third-order valence-corrected chi connectivity index (χ3v) is 7.63. The third kappa shape index (κ3) is 4.03. The fraction of sp³-hybridized carbons (Fsp3) is 0.464. The number of aliphatic hydroxyl groups is 1. The van der Waals surface area contributed by atoms with Crippen molar-refractivity contribution in [2.24, 2.45) is 0 Å². The van der Waals surface area contributed by atoms with Crippen LogP contribution in [0.4, 0.5) is 0 Å². The first-order chi connectivity index (χ1) is 16.9. The highest BCUT2D eigenvalue weighted by molar-refractivity contribution is 6.00. The molecule has 0 aromatic heterocycles. The molecule has 5 rings (SSSR count). The van der Waals surface area contributed by atoms with Crippen LogP contribution in [0, 0.1) is 5.41 Å². The second-order valence-corrected chi connectivity index (χ2v) is 11.4. The number of nitrogens with one attached hydrogen (secondary N) is 3. The molecule has 0 spiro atoms. The van der Waals surface area contributed by atoms with Gasteiger partial charge in [0, 0.05) is 23.1 Å². The molecule has 1 saturated heterocycles. The average molecular weight is 491 g/mol. The van der Waals surface area contributed by atoms with Gasteiger partial charge in [0.05, 0.1) is 12.1 Å². The van der Waals surface area contributed by atoms with Gasteiger partial charge in [0.2, 0.25) is 5.91 Å². The Morgan fingerprint density at radius 3 is 2.58 bits per heavy atom. The van der Waals surface area contributed by atoms with Crippen LogP contribution in [0.3, 0.4) is 0 Å². The Balaban J connectivity index is 1.44. The Bertz CT molecular complexity index is 1230. The van der Waals surface area contributed by atoms with E-state index in [9.17, 15) is 14.7 Å². The maximum absolute atomic E-state index is 13.5. The molecule has 2 heterocycles. The fourth-order valence-electron chi connectivity index (χ4n) is 5.76. The molecule has 2 aromatic rings. The molecule has 36 heavy (non-hydrogen) atoms. The Morgan fingerprint density at radius 1 is 1.14 bits per heavy atom. The average Bonchev–Trinajstić information content (AvgIpc) is 3.10. The molecule has 2 amide bonds. The summed E-state index contributed by atoms with van der Waals surface area (Å²) < 4.78 is 5.97. The molecule has 0 unspecified atom stereocenters. The lowest BCUT2D eigenvalue weighted by molar-refractivity contribution is -0.132. The van der Waals surface area contributed by atoms with Gasteiger partial charge in [-0.2, -0.15) is 0 Å². The number of ether oxygens (including phenoxy) is 1. The molecule has 190 valence electrons. The van der Waals surface area contributed by atoms with E-state index in [4.69, 9.17) is 10.1 Å². The largest absolute Gasteiger partial charge is 0.485 e. The summed E-state index contributed by atoms with van der Waals surface area (Å²) in [6.45, 7) is 9.52. The number of amides is 2. The number of carbonyl (C=O) groups is 2. The smallest absolute Gasteiger partial charge is 0.251 e. The van der Waals surface area contributed by atoms with Gasteiger partial charge in [-0.15, -0.1) is 0 Å². The van der Waals surface area contributed by atoms with E-state index in [1.807, 2.05) is 50.2 Å². The highest BCUT2D eigenvalue weighted by atomic mass is 16.5. The fourth-order valence-corrected chi connectivity index (χ4v) is 5.76. The van der Waals surface area contributed by atoms with Crippen molar-refractivity contribution in [2.45, 2.75) is 82.7 Å². The summed E-state index contributed by atoms with van der Waals surface area (Å²) in [5.41, 5.74) is 1.81. The molecule has 4 atom stereocenters. The van der Waals surface area contributed by atoms with Crippen LogP contribution in [-0.2, 0) is 4.79 Å². The summed E-state index contributed by atoms with van der Waals surface area (Å²) in [5.74, 6) is 0.529. The number of rotatable bonds is 3. The van der Waals surface area contributed by atoms with Crippen molar-refractivity contribution >= 4 is 17.8 Å². The lowest BCUT2D eigenvalue weighted by atomic mass is 9.86. The predicted molar refractivity (Wildman–Crippen MR) is 136 cm³/mol. The van der Waals surface area contributed by atoms with Crippen LogP contribution in [0.15, 0.2) is 42.5 Å². The van der Waals surface area contributed by atoms with Crippen LogP contribution in [0.1, 0.15) is 92.5 Å². The summed E-state index contributed by atoms with van der Waals surface area (Å²) in [7, 11) is 0. The van der Waals surface area contributed by atoms with Crippen molar-refractivity contribution in [2.75, 3.05) is 0 Å². The van der Waals surface area contributed by atoms with Crippen molar-refractivity contribution in [3.05, 3.63) is 64.7 Å². The number of hydrogen-bond acceptors (Lipinski definition) is 5. The van der Waals surface area contributed by atoms with E-state index in [1.165, 1.54) is 4.90 Å². The minimum absolute atomic E-state index is 0.0900. The highest BCUT2D eigenvalue weighted by Crippen LogP contribution is 2.45. The zero-order valence-corrected chi connectivity index (χ0v) is 21.4. The van der Waals surface area contributed by atoms with Crippen LogP contribution in [-0.4, -0.2) is 45.0 Å². The van der Waals surface area contributed by atoms with Crippen molar-refractivity contribution in [1.29, 1.82) is 5.41 Å². The first-order valence-electron chi connectivity index (χ1n) is 12.5. The molecule has 1 fully saturated rings. The van der Waals surface area contributed by atoms with Gasteiger partial charge in [0.1, 0.15) is 17.5 Å². The standard InChI is InChI=1S/C28H34N4O4/c1-15-12-20(32-22(33)14-27(2,3)31-26(32)29)19-13-16(10-11-17(15)19)25(35)30-23-18-8-6-7-9-21(18)36-28(4,5)24(23)34/h6-11,13,15,20,23-24,34H,12,14H2,1-5H3,(H2,29,31)(H,30,35)/t15-,20-,23-,24+/m1/s1. The van der Waals surface area contributed by atoms with E-state index in [0.717, 1.165) is 16.7 Å². The van der Waals surface area contributed by atoms with E-state index >= 15 is 0 Å². The second kappa shape index (κ2) is 8.34. The second-order valence-electron chi connectivity index (χ2n) is 11.4. The molecule has 2 aliphatic heterocycles.